The number of anilines is 3. The molecule has 0 aliphatic heterocycles. The third-order valence-electron chi connectivity index (χ3n) is 2.81. The van der Waals surface area contributed by atoms with Gasteiger partial charge < -0.3 is 11.1 Å². The molecule has 0 amide bonds. The number of nitrogens with one attached hydrogen (secondary N) is 1. The first-order chi connectivity index (χ1) is 9.51. The first-order valence-corrected chi connectivity index (χ1v) is 5.88. The molecular weight excluding hydrogens is 257 g/mol. The Morgan fingerprint density at radius 2 is 2.05 bits per heavy atom. The lowest BCUT2D eigenvalue weighted by Gasteiger charge is -2.10. The Kier molecular flexibility index (Phi) is 3.67. The molecule has 20 heavy (non-hydrogen) atoms. The number of hydrogen-bond donors (Lipinski definition) is 2. The summed E-state index contributed by atoms with van der Waals surface area (Å²) in [7, 11) is 0. The molecule has 0 bridgehead atoms. The van der Waals surface area contributed by atoms with Gasteiger partial charge in [0.1, 0.15) is 11.9 Å². The van der Waals surface area contributed by atoms with Crippen LogP contribution < -0.4 is 11.1 Å². The summed E-state index contributed by atoms with van der Waals surface area (Å²) in [6.45, 7) is 1.42. The van der Waals surface area contributed by atoms with Crippen molar-refractivity contribution in [2.75, 3.05) is 11.1 Å². The van der Waals surface area contributed by atoms with E-state index < -0.39 is 5.82 Å². The van der Waals surface area contributed by atoms with Gasteiger partial charge in [-0.3, -0.25) is 4.79 Å². The molecule has 0 heterocycles. The van der Waals surface area contributed by atoms with Gasteiger partial charge in [-0.15, -0.1) is 0 Å². The first-order valence-electron chi connectivity index (χ1n) is 5.88. The second kappa shape index (κ2) is 5.41. The summed E-state index contributed by atoms with van der Waals surface area (Å²) in [4.78, 5) is 11.4. The lowest BCUT2D eigenvalue weighted by molar-refractivity contribution is 0.101. The lowest BCUT2D eigenvalue weighted by Crippen LogP contribution is -2.01. The molecule has 0 saturated heterocycles. The van der Waals surface area contributed by atoms with E-state index in [1.165, 1.54) is 19.1 Å². The van der Waals surface area contributed by atoms with Crippen LogP contribution in [0.3, 0.4) is 0 Å². The minimum absolute atomic E-state index is 0.147. The highest BCUT2D eigenvalue weighted by molar-refractivity contribution is 6.00. The molecular formula is C15H12FN3O. The summed E-state index contributed by atoms with van der Waals surface area (Å²) in [5, 5.41) is 12.0. The molecule has 2 rings (SSSR count). The average molecular weight is 269 g/mol. The summed E-state index contributed by atoms with van der Waals surface area (Å²) < 4.78 is 13.1. The Bertz CT molecular complexity index is 720. The summed E-state index contributed by atoms with van der Waals surface area (Å²) >= 11 is 0. The molecule has 4 nitrogen and oxygen atoms in total. The monoisotopic (exact) mass is 269 g/mol. The third kappa shape index (κ3) is 2.75. The van der Waals surface area contributed by atoms with Gasteiger partial charge in [0.05, 0.1) is 11.3 Å². The Morgan fingerprint density at radius 1 is 1.30 bits per heavy atom. The van der Waals surface area contributed by atoms with Gasteiger partial charge in [-0.2, -0.15) is 5.26 Å². The molecule has 100 valence electrons. The molecule has 0 unspecified atom stereocenters. The number of nitrogen functional groups attached to an aromatic ring is 1. The smallest absolute Gasteiger partial charge is 0.161 e. The maximum atomic E-state index is 13.1. The zero-order chi connectivity index (χ0) is 14.7. The fourth-order valence-corrected chi connectivity index (χ4v) is 1.81. The molecule has 0 aliphatic carbocycles. The quantitative estimate of drug-likeness (QED) is 0.662. The standard InChI is InChI=1S/C15H12FN3O/c1-9(20)13-7-12(3-4-14(13)18)19-15-5-2-11(16)6-10(15)8-17/h2-7,19H,18H2,1H3. The molecule has 5 heteroatoms. The van der Waals surface area contributed by atoms with E-state index in [1.54, 1.807) is 18.2 Å². The summed E-state index contributed by atoms with van der Waals surface area (Å²) in [6.07, 6.45) is 0. The average Bonchev–Trinajstić information content (AvgIpc) is 2.42. The number of ketones is 1. The fraction of sp³-hybridized carbons (Fsp3) is 0.0667. The van der Waals surface area contributed by atoms with Crippen molar-refractivity contribution in [2.45, 2.75) is 6.92 Å². The Balaban J connectivity index is 2.38. The van der Waals surface area contributed by atoms with Crippen LogP contribution in [0.1, 0.15) is 22.8 Å². The highest BCUT2D eigenvalue weighted by atomic mass is 19.1. The van der Waals surface area contributed by atoms with E-state index in [9.17, 15) is 9.18 Å². The fourth-order valence-electron chi connectivity index (χ4n) is 1.81. The van der Waals surface area contributed by atoms with E-state index in [1.807, 2.05) is 6.07 Å². The summed E-state index contributed by atoms with van der Waals surface area (Å²) in [5.74, 6) is -0.625. The van der Waals surface area contributed by atoms with Crippen molar-refractivity contribution in [1.82, 2.24) is 0 Å². The molecule has 2 aromatic rings. The van der Waals surface area contributed by atoms with Crippen LogP contribution in [-0.2, 0) is 0 Å². The zero-order valence-electron chi connectivity index (χ0n) is 10.8. The Hall–Kier alpha value is -2.87. The predicted molar refractivity (Wildman–Crippen MR) is 75.3 cm³/mol. The molecule has 0 radical (unpaired) electrons. The van der Waals surface area contributed by atoms with Crippen LogP contribution >= 0.6 is 0 Å². The van der Waals surface area contributed by atoms with Crippen LogP contribution in [0.15, 0.2) is 36.4 Å². The van der Waals surface area contributed by atoms with Crippen molar-refractivity contribution in [3.05, 3.63) is 53.3 Å². The molecule has 2 aromatic carbocycles. The van der Waals surface area contributed by atoms with Crippen molar-refractivity contribution < 1.29 is 9.18 Å². The van der Waals surface area contributed by atoms with Crippen LogP contribution in [0.2, 0.25) is 0 Å². The van der Waals surface area contributed by atoms with E-state index in [0.29, 0.717) is 22.6 Å². The van der Waals surface area contributed by atoms with Gasteiger partial charge in [0, 0.05) is 16.9 Å². The molecule has 3 N–H and O–H groups in total. The van der Waals surface area contributed by atoms with Gasteiger partial charge >= 0.3 is 0 Å². The van der Waals surface area contributed by atoms with Crippen molar-refractivity contribution in [3.63, 3.8) is 0 Å². The van der Waals surface area contributed by atoms with Gasteiger partial charge in [-0.05, 0) is 43.3 Å². The lowest BCUT2D eigenvalue weighted by atomic mass is 10.1. The topological polar surface area (TPSA) is 78.9 Å². The van der Waals surface area contributed by atoms with Gasteiger partial charge in [-0.1, -0.05) is 0 Å². The number of carbonyl (C=O) groups is 1. The summed E-state index contributed by atoms with van der Waals surface area (Å²) in [5.41, 5.74) is 7.76. The minimum Gasteiger partial charge on any atom is -0.398 e. The van der Waals surface area contributed by atoms with Crippen molar-refractivity contribution in [2.24, 2.45) is 0 Å². The number of nitrogens with zero attached hydrogens (tertiary/aromatic N) is 1. The first kappa shape index (κ1) is 13.6. The second-order valence-electron chi connectivity index (χ2n) is 4.28. The van der Waals surface area contributed by atoms with Gasteiger partial charge in [0.25, 0.3) is 0 Å². The van der Waals surface area contributed by atoms with Gasteiger partial charge in [0.2, 0.25) is 0 Å². The molecule has 0 atom stereocenters. The van der Waals surface area contributed by atoms with Crippen LogP contribution in [0.25, 0.3) is 0 Å². The Morgan fingerprint density at radius 3 is 2.70 bits per heavy atom. The van der Waals surface area contributed by atoms with Crippen LogP contribution in [0, 0.1) is 17.1 Å². The maximum Gasteiger partial charge on any atom is 0.161 e. The number of nitrogens with two attached hydrogens (primary N) is 1. The van der Waals surface area contributed by atoms with Crippen LogP contribution in [0.4, 0.5) is 21.5 Å². The van der Waals surface area contributed by atoms with Crippen molar-refractivity contribution in [3.8, 4) is 6.07 Å². The maximum absolute atomic E-state index is 13.1. The van der Waals surface area contributed by atoms with E-state index >= 15 is 0 Å². The number of hydrogen-bond acceptors (Lipinski definition) is 4. The highest BCUT2D eigenvalue weighted by Gasteiger charge is 2.08. The normalized spacial score (nSPS) is 9.85. The second-order valence-corrected chi connectivity index (χ2v) is 4.28. The SMILES string of the molecule is CC(=O)c1cc(Nc2ccc(F)cc2C#N)ccc1N. The van der Waals surface area contributed by atoms with Gasteiger partial charge in [0.15, 0.2) is 5.78 Å². The number of Topliss-reactive ketones (excluding diaryl/α,β-unsaturated/α-hetero) is 1. The van der Waals surface area contributed by atoms with E-state index in [0.717, 1.165) is 6.07 Å². The minimum atomic E-state index is -0.478. The molecule has 0 aromatic heterocycles. The van der Waals surface area contributed by atoms with Crippen molar-refractivity contribution >= 4 is 22.8 Å². The highest BCUT2D eigenvalue weighted by Crippen LogP contribution is 2.24. The zero-order valence-corrected chi connectivity index (χ0v) is 10.8. The van der Waals surface area contributed by atoms with Gasteiger partial charge in [-0.25, -0.2) is 4.39 Å². The third-order valence-corrected chi connectivity index (χ3v) is 2.81. The van der Waals surface area contributed by atoms with Crippen LogP contribution in [0.5, 0.6) is 0 Å². The predicted octanol–water partition coefficient (Wildman–Crippen LogP) is 3.23. The van der Waals surface area contributed by atoms with Crippen molar-refractivity contribution in [1.29, 1.82) is 5.26 Å². The van der Waals surface area contributed by atoms with E-state index in [4.69, 9.17) is 11.0 Å². The van der Waals surface area contributed by atoms with Crippen LogP contribution in [-0.4, -0.2) is 5.78 Å². The number of nitriles is 1. The largest absolute Gasteiger partial charge is 0.398 e. The van der Waals surface area contributed by atoms with E-state index in [-0.39, 0.29) is 11.3 Å². The van der Waals surface area contributed by atoms with E-state index in [2.05, 4.69) is 5.32 Å². The number of halogens is 1. The number of carbonyl (C=O) groups excluding carboxylic acids is 1. The number of benzene rings is 2. The molecule has 0 spiro atoms. The molecule has 0 fully saturated rings. The number of rotatable bonds is 3. The Labute approximate surface area is 115 Å². The summed E-state index contributed by atoms with van der Waals surface area (Å²) in [6, 6.07) is 10.7. The molecule has 0 aliphatic rings. The molecule has 0 saturated carbocycles.